The highest BCUT2D eigenvalue weighted by atomic mass is 31.2. The van der Waals surface area contributed by atoms with Crippen LogP contribution in [0.25, 0.3) is 0 Å². The Morgan fingerprint density at radius 1 is 1.06 bits per heavy atom. The van der Waals surface area contributed by atoms with E-state index >= 15 is 0 Å². The minimum absolute atomic E-state index is 0.369. The Bertz CT molecular complexity index is 258. The van der Waals surface area contributed by atoms with E-state index in [0.717, 1.165) is 31.4 Å². The molecule has 94 valence electrons. The predicted octanol–water partition coefficient (Wildman–Crippen LogP) is 3.96. The summed E-state index contributed by atoms with van der Waals surface area (Å²) in [4.78, 5) is 0. The molecule has 0 saturated heterocycles. The van der Waals surface area contributed by atoms with E-state index in [9.17, 15) is 4.57 Å². The number of hydrogen-bond donors (Lipinski definition) is 0. The van der Waals surface area contributed by atoms with Crippen LogP contribution >= 0.6 is 7.75 Å². The smallest absolute Gasteiger partial charge is 0.291 e. The van der Waals surface area contributed by atoms with Crippen LogP contribution in [0.4, 0.5) is 0 Å². The molecule has 0 N–H and O–H groups in total. The molecule has 0 atom stereocenters. The second kappa shape index (κ2) is 7.21. The molecular weight excluding hydrogens is 225 g/mol. The summed E-state index contributed by atoms with van der Waals surface area (Å²) in [5.41, 5.74) is 1.00. The van der Waals surface area contributed by atoms with E-state index in [1.807, 2.05) is 0 Å². The Hall–Kier alpha value is -0.180. The molecule has 0 spiro atoms. The van der Waals surface area contributed by atoms with Crippen molar-refractivity contribution >= 4 is 13.5 Å². The first kappa shape index (κ1) is 13.9. The number of nitrogens with zero attached hydrogens (tertiary/aromatic N) is 1. The SMILES string of the molecule is CCOP(=O)(N=C1CCCCCC1)OCC. The number of hydrogen-bond acceptors (Lipinski definition) is 3. The Balaban J connectivity index is 2.70. The minimum Gasteiger partial charge on any atom is -0.291 e. The van der Waals surface area contributed by atoms with E-state index in [1.54, 1.807) is 13.8 Å². The molecule has 0 unspecified atom stereocenters. The van der Waals surface area contributed by atoms with Gasteiger partial charge in [0.1, 0.15) is 0 Å². The van der Waals surface area contributed by atoms with Crippen molar-refractivity contribution in [2.75, 3.05) is 13.2 Å². The van der Waals surface area contributed by atoms with Crippen molar-refractivity contribution in [1.29, 1.82) is 0 Å². The summed E-state index contributed by atoms with van der Waals surface area (Å²) in [6, 6.07) is 0. The molecule has 16 heavy (non-hydrogen) atoms. The highest BCUT2D eigenvalue weighted by Crippen LogP contribution is 2.50. The normalized spacial score (nSPS) is 18.2. The standard InChI is InChI=1S/C11H22NO3P/c1-3-14-16(13,15-4-2)12-11-9-7-5-6-8-10-11/h3-10H2,1-2H3. The van der Waals surface area contributed by atoms with Crippen molar-refractivity contribution in [2.45, 2.75) is 52.4 Å². The van der Waals surface area contributed by atoms with Gasteiger partial charge in [0.25, 0.3) is 0 Å². The van der Waals surface area contributed by atoms with Gasteiger partial charge in [-0.3, -0.25) is 9.05 Å². The van der Waals surface area contributed by atoms with E-state index in [-0.39, 0.29) is 0 Å². The molecule has 1 rings (SSSR count). The topological polar surface area (TPSA) is 47.9 Å². The van der Waals surface area contributed by atoms with Crippen LogP contribution in [-0.4, -0.2) is 18.9 Å². The van der Waals surface area contributed by atoms with Crippen LogP contribution in [0, 0.1) is 0 Å². The van der Waals surface area contributed by atoms with Gasteiger partial charge >= 0.3 is 7.75 Å². The molecule has 0 aromatic carbocycles. The fraction of sp³-hybridized carbons (Fsp3) is 0.909. The zero-order valence-corrected chi connectivity index (χ0v) is 11.2. The van der Waals surface area contributed by atoms with Gasteiger partial charge in [-0.2, -0.15) is 4.76 Å². The van der Waals surface area contributed by atoms with Crippen LogP contribution in [0.1, 0.15) is 52.4 Å². The van der Waals surface area contributed by atoms with Crippen LogP contribution < -0.4 is 0 Å². The first-order valence-corrected chi connectivity index (χ1v) is 7.67. The summed E-state index contributed by atoms with van der Waals surface area (Å²) in [6.45, 7) is 4.35. The summed E-state index contributed by atoms with van der Waals surface area (Å²) in [7, 11) is -3.22. The first-order chi connectivity index (χ1) is 7.70. The first-order valence-electron chi connectivity index (χ1n) is 6.17. The average molecular weight is 247 g/mol. The molecule has 0 aromatic rings. The van der Waals surface area contributed by atoms with E-state index in [2.05, 4.69) is 4.76 Å². The van der Waals surface area contributed by atoms with Gasteiger partial charge in [-0.05, 0) is 39.5 Å². The third-order valence-electron chi connectivity index (χ3n) is 2.53. The summed E-state index contributed by atoms with van der Waals surface area (Å²) in [5.74, 6) is 0. The Morgan fingerprint density at radius 2 is 1.56 bits per heavy atom. The lowest BCUT2D eigenvalue weighted by atomic mass is 10.2. The van der Waals surface area contributed by atoms with Gasteiger partial charge in [-0.1, -0.05) is 12.8 Å². The van der Waals surface area contributed by atoms with Crippen LogP contribution in [0.15, 0.2) is 4.76 Å². The molecule has 0 radical (unpaired) electrons. The second-order valence-electron chi connectivity index (χ2n) is 3.88. The summed E-state index contributed by atoms with van der Waals surface area (Å²) >= 11 is 0. The maximum Gasteiger partial charge on any atom is 0.453 e. The van der Waals surface area contributed by atoms with E-state index in [4.69, 9.17) is 9.05 Å². The van der Waals surface area contributed by atoms with Gasteiger partial charge in [-0.15, -0.1) is 0 Å². The molecule has 0 heterocycles. The lowest BCUT2D eigenvalue weighted by Crippen LogP contribution is -2.00. The van der Waals surface area contributed by atoms with Gasteiger partial charge in [0.05, 0.1) is 13.2 Å². The van der Waals surface area contributed by atoms with Crippen LogP contribution in [0.5, 0.6) is 0 Å². The van der Waals surface area contributed by atoms with E-state index in [1.165, 1.54) is 12.8 Å². The molecule has 1 fully saturated rings. The van der Waals surface area contributed by atoms with Crippen molar-refractivity contribution < 1.29 is 13.6 Å². The molecule has 0 aromatic heterocycles. The molecule has 5 heteroatoms. The van der Waals surface area contributed by atoms with Crippen LogP contribution in [0.3, 0.4) is 0 Å². The van der Waals surface area contributed by atoms with Gasteiger partial charge in [-0.25, -0.2) is 4.57 Å². The largest absolute Gasteiger partial charge is 0.453 e. The van der Waals surface area contributed by atoms with Crippen molar-refractivity contribution in [3.8, 4) is 0 Å². The van der Waals surface area contributed by atoms with Crippen molar-refractivity contribution in [1.82, 2.24) is 0 Å². The monoisotopic (exact) mass is 247 g/mol. The zero-order valence-electron chi connectivity index (χ0n) is 10.3. The molecule has 1 aliphatic rings. The molecule has 1 aliphatic carbocycles. The van der Waals surface area contributed by atoms with E-state index in [0.29, 0.717) is 13.2 Å². The van der Waals surface area contributed by atoms with Crippen LogP contribution in [0.2, 0.25) is 0 Å². The highest BCUT2D eigenvalue weighted by molar-refractivity contribution is 7.52. The van der Waals surface area contributed by atoms with Crippen LogP contribution in [-0.2, 0) is 13.6 Å². The van der Waals surface area contributed by atoms with Gasteiger partial charge in [0, 0.05) is 5.71 Å². The maximum atomic E-state index is 12.2. The molecular formula is C11H22NO3P. The van der Waals surface area contributed by atoms with Gasteiger partial charge in [0.15, 0.2) is 0 Å². The van der Waals surface area contributed by atoms with Crippen molar-refractivity contribution in [2.24, 2.45) is 4.76 Å². The minimum atomic E-state index is -3.22. The Labute approximate surface area is 98.0 Å². The predicted molar refractivity (Wildman–Crippen MR) is 66.0 cm³/mol. The lowest BCUT2D eigenvalue weighted by Gasteiger charge is -2.13. The second-order valence-corrected chi connectivity index (χ2v) is 5.54. The third-order valence-corrected chi connectivity index (χ3v) is 4.23. The Kier molecular flexibility index (Phi) is 6.25. The summed E-state index contributed by atoms with van der Waals surface area (Å²) < 4.78 is 26.7. The quantitative estimate of drug-likeness (QED) is 0.545. The molecule has 0 amide bonds. The van der Waals surface area contributed by atoms with Crippen molar-refractivity contribution in [3.63, 3.8) is 0 Å². The zero-order chi connectivity index (χ0) is 11.9. The summed E-state index contributed by atoms with van der Waals surface area (Å²) in [6.07, 6.45) is 6.63. The van der Waals surface area contributed by atoms with Crippen molar-refractivity contribution in [3.05, 3.63) is 0 Å². The van der Waals surface area contributed by atoms with Gasteiger partial charge < -0.3 is 0 Å². The molecule has 1 saturated carbocycles. The molecule has 0 bridgehead atoms. The maximum absolute atomic E-state index is 12.2. The fourth-order valence-electron chi connectivity index (χ4n) is 1.83. The average Bonchev–Trinajstić information content (AvgIpc) is 2.46. The molecule has 4 nitrogen and oxygen atoms in total. The van der Waals surface area contributed by atoms with E-state index < -0.39 is 7.75 Å². The highest BCUT2D eigenvalue weighted by Gasteiger charge is 2.23. The van der Waals surface area contributed by atoms with Gasteiger partial charge in [0.2, 0.25) is 0 Å². The number of rotatable bonds is 5. The third kappa shape index (κ3) is 4.77. The fourth-order valence-corrected chi connectivity index (χ4v) is 3.22. The Morgan fingerprint density at radius 3 is 2.00 bits per heavy atom. The molecule has 0 aliphatic heterocycles. The summed E-state index contributed by atoms with van der Waals surface area (Å²) in [5, 5.41) is 0. The lowest BCUT2D eigenvalue weighted by molar-refractivity contribution is 0.221.